The van der Waals surface area contributed by atoms with Crippen LogP contribution in [-0.2, 0) is 0 Å². The second-order valence-electron chi connectivity index (χ2n) is 7.91. The van der Waals surface area contributed by atoms with Crippen LogP contribution in [-0.4, -0.2) is 25.4 Å². The van der Waals surface area contributed by atoms with Crippen LogP contribution in [0.3, 0.4) is 0 Å². The molecule has 6 heteroatoms. The zero-order chi connectivity index (χ0) is 23.4. The zero-order valence-corrected chi connectivity index (χ0v) is 19.3. The Morgan fingerprint density at radius 2 is 1.22 bits per heavy atom. The molecule has 0 aliphatic rings. The molecule has 3 aromatic carbocycles. The lowest BCUT2D eigenvalue weighted by atomic mass is 9.93. The van der Waals surface area contributed by atoms with E-state index in [4.69, 9.17) is 14.5 Å². The molecule has 6 nitrogen and oxygen atoms in total. The number of ether oxygens (including phenoxy) is 2. The van der Waals surface area contributed by atoms with Gasteiger partial charge in [-0.3, -0.25) is 15.1 Å². The summed E-state index contributed by atoms with van der Waals surface area (Å²) in [7, 11) is 3.35. The van der Waals surface area contributed by atoms with Gasteiger partial charge in [-0.15, -0.1) is 0 Å². The van der Waals surface area contributed by atoms with E-state index >= 15 is 0 Å². The van der Waals surface area contributed by atoms with E-state index in [0.29, 0.717) is 0 Å². The molecule has 0 atom stereocenters. The minimum absolute atomic E-state index is 0.0570. The summed E-state index contributed by atoms with van der Waals surface area (Å²) in [6.45, 7) is 8.10. The third kappa shape index (κ3) is 4.80. The maximum atomic E-state index is 10.9. The van der Waals surface area contributed by atoms with Gasteiger partial charge < -0.3 is 9.47 Å². The summed E-state index contributed by atoms with van der Waals surface area (Å²) in [5, 5.41) is 10.9. The lowest BCUT2D eigenvalue weighted by Crippen LogP contribution is -2.04. The molecule has 0 fully saturated rings. The van der Waals surface area contributed by atoms with Crippen molar-refractivity contribution < 1.29 is 14.4 Å². The number of rotatable bonds is 7. The molecular weight excluding hydrogens is 404 g/mol. The molecule has 0 aromatic heterocycles. The number of nitrogens with zero attached hydrogens (tertiary/aromatic N) is 2. The Bertz CT molecular complexity index is 1060. The first-order chi connectivity index (χ1) is 15.2. The van der Waals surface area contributed by atoms with Crippen LogP contribution < -0.4 is 9.47 Å². The van der Waals surface area contributed by atoms with Crippen LogP contribution in [0.15, 0.2) is 53.5 Å². The maximum Gasteiger partial charge on any atom is 0.269 e. The predicted octanol–water partition coefficient (Wildman–Crippen LogP) is 6.05. The van der Waals surface area contributed by atoms with Gasteiger partial charge in [0.15, 0.2) is 0 Å². The summed E-state index contributed by atoms with van der Waals surface area (Å²) in [5.41, 5.74) is 7.11. The van der Waals surface area contributed by atoms with E-state index in [9.17, 15) is 10.1 Å². The third-order valence-electron chi connectivity index (χ3n) is 5.48. The number of non-ortho nitro benzene ring substituents is 1. The molecule has 3 aromatic rings. The number of aliphatic imine (C=N–C) groups is 1. The van der Waals surface area contributed by atoms with Crippen LogP contribution in [0.5, 0.6) is 11.5 Å². The van der Waals surface area contributed by atoms with Crippen LogP contribution in [0.25, 0.3) is 0 Å². The first kappa shape index (κ1) is 23.0. The standard InChI is InChI=1S/C26H28N2O4/c1-16-11-21(12-17(2)25(16)31-5)24(22-13-18(3)26(32-6)19(4)14-22)27-15-20-7-9-23(10-8-20)28(29)30/h7-15,24H,1-6H3. The molecule has 0 aliphatic heterocycles. The molecule has 0 heterocycles. The quantitative estimate of drug-likeness (QED) is 0.259. The number of aryl methyl sites for hydroxylation is 4. The molecule has 0 radical (unpaired) electrons. The summed E-state index contributed by atoms with van der Waals surface area (Å²) in [6.07, 6.45) is 1.76. The van der Waals surface area contributed by atoms with Crippen LogP contribution in [0.4, 0.5) is 5.69 Å². The zero-order valence-electron chi connectivity index (χ0n) is 19.3. The van der Waals surface area contributed by atoms with E-state index in [2.05, 4.69) is 24.3 Å². The molecule has 0 amide bonds. The van der Waals surface area contributed by atoms with Gasteiger partial charge in [0.25, 0.3) is 5.69 Å². The SMILES string of the molecule is COc1c(C)cc(C(N=Cc2ccc([N+](=O)[O-])cc2)c2cc(C)c(OC)c(C)c2)cc1C. The highest BCUT2D eigenvalue weighted by Gasteiger charge is 2.18. The van der Waals surface area contributed by atoms with Crippen molar-refractivity contribution in [2.45, 2.75) is 33.7 Å². The summed E-state index contributed by atoms with van der Waals surface area (Å²) in [6, 6.07) is 14.5. The number of nitro benzene ring substituents is 1. The average molecular weight is 433 g/mol. The van der Waals surface area contributed by atoms with E-state index in [0.717, 1.165) is 50.4 Å². The second kappa shape index (κ2) is 9.64. The van der Waals surface area contributed by atoms with Gasteiger partial charge in [-0.05, 0) is 103 Å². The van der Waals surface area contributed by atoms with Crippen molar-refractivity contribution in [2.24, 2.45) is 4.99 Å². The first-order valence-corrected chi connectivity index (χ1v) is 10.3. The summed E-state index contributed by atoms with van der Waals surface area (Å²) in [5.74, 6) is 1.74. The maximum absolute atomic E-state index is 10.9. The molecule has 0 saturated heterocycles. The van der Waals surface area contributed by atoms with Crippen molar-refractivity contribution in [3.63, 3.8) is 0 Å². The molecule has 0 aliphatic carbocycles. The first-order valence-electron chi connectivity index (χ1n) is 10.3. The number of nitro groups is 1. The molecule has 0 unspecified atom stereocenters. The lowest BCUT2D eigenvalue weighted by Gasteiger charge is -2.19. The van der Waals surface area contributed by atoms with Gasteiger partial charge >= 0.3 is 0 Å². The third-order valence-corrected chi connectivity index (χ3v) is 5.48. The fraction of sp³-hybridized carbons (Fsp3) is 0.269. The summed E-state index contributed by atoms with van der Waals surface area (Å²) < 4.78 is 11.1. The highest BCUT2D eigenvalue weighted by molar-refractivity contribution is 5.80. The van der Waals surface area contributed by atoms with E-state index < -0.39 is 4.92 Å². The van der Waals surface area contributed by atoms with Gasteiger partial charge in [0.1, 0.15) is 11.5 Å². The number of hydrogen-bond acceptors (Lipinski definition) is 5. The lowest BCUT2D eigenvalue weighted by molar-refractivity contribution is -0.384. The van der Waals surface area contributed by atoms with Gasteiger partial charge in [-0.25, -0.2) is 0 Å². The molecular formula is C26H28N2O4. The Labute approximate surface area is 188 Å². The number of hydrogen-bond donors (Lipinski definition) is 0. The van der Waals surface area contributed by atoms with Crippen molar-refractivity contribution in [2.75, 3.05) is 14.2 Å². The van der Waals surface area contributed by atoms with E-state index in [-0.39, 0.29) is 11.7 Å². The van der Waals surface area contributed by atoms with Gasteiger partial charge in [-0.2, -0.15) is 0 Å². The fourth-order valence-electron chi connectivity index (χ4n) is 4.13. The van der Waals surface area contributed by atoms with Gasteiger partial charge in [0.2, 0.25) is 0 Å². The Hall–Kier alpha value is -3.67. The van der Waals surface area contributed by atoms with Crippen LogP contribution in [0, 0.1) is 37.8 Å². The monoisotopic (exact) mass is 432 g/mol. The van der Waals surface area contributed by atoms with Crippen molar-refractivity contribution in [3.8, 4) is 11.5 Å². The molecule has 0 saturated carbocycles. The minimum atomic E-state index is -0.407. The predicted molar refractivity (Wildman–Crippen MR) is 127 cm³/mol. The minimum Gasteiger partial charge on any atom is -0.496 e. The molecule has 0 spiro atoms. The molecule has 0 N–H and O–H groups in total. The summed E-state index contributed by atoms with van der Waals surface area (Å²) in [4.78, 5) is 15.4. The molecule has 166 valence electrons. The molecule has 3 rings (SSSR count). The normalized spacial score (nSPS) is 11.2. The fourth-order valence-corrected chi connectivity index (χ4v) is 4.13. The Morgan fingerprint density at radius 3 is 1.56 bits per heavy atom. The highest BCUT2D eigenvalue weighted by atomic mass is 16.6. The molecule has 0 bridgehead atoms. The van der Waals surface area contributed by atoms with Crippen molar-refractivity contribution >= 4 is 11.9 Å². The van der Waals surface area contributed by atoms with Crippen molar-refractivity contribution in [3.05, 3.63) is 97.6 Å². The van der Waals surface area contributed by atoms with E-state index in [1.54, 1.807) is 32.6 Å². The Morgan fingerprint density at radius 1 is 0.812 bits per heavy atom. The van der Waals surface area contributed by atoms with E-state index in [1.165, 1.54) is 12.1 Å². The van der Waals surface area contributed by atoms with Crippen molar-refractivity contribution in [1.82, 2.24) is 0 Å². The second-order valence-corrected chi connectivity index (χ2v) is 7.91. The average Bonchev–Trinajstić information content (AvgIpc) is 2.74. The van der Waals surface area contributed by atoms with Crippen LogP contribution in [0.2, 0.25) is 0 Å². The highest BCUT2D eigenvalue weighted by Crippen LogP contribution is 2.35. The van der Waals surface area contributed by atoms with E-state index in [1.807, 2.05) is 27.7 Å². The van der Waals surface area contributed by atoms with Gasteiger partial charge in [0.05, 0.1) is 25.2 Å². The Balaban J connectivity index is 2.10. The van der Waals surface area contributed by atoms with Crippen LogP contribution >= 0.6 is 0 Å². The number of benzene rings is 3. The Kier molecular flexibility index (Phi) is 6.93. The topological polar surface area (TPSA) is 74.0 Å². The van der Waals surface area contributed by atoms with Gasteiger partial charge in [0, 0.05) is 18.3 Å². The summed E-state index contributed by atoms with van der Waals surface area (Å²) >= 11 is 0. The molecule has 32 heavy (non-hydrogen) atoms. The smallest absolute Gasteiger partial charge is 0.269 e. The largest absolute Gasteiger partial charge is 0.496 e. The number of methoxy groups -OCH3 is 2. The van der Waals surface area contributed by atoms with Gasteiger partial charge in [-0.1, -0.05) is 0 Å². The van der Waals surface area contributed by atoms with Crippen LogP contribution in [0.1, 0.15) is 45.0 Å². The van der Waals surface area contributed by atoms with Crippen molar-refractivity contribution in [1.29, 1.82) is 0 Å².